The summed E-state index contributed by atoms with van der Waals surface area (Å²) in [7, 11) is 0. The number of fused-ring (bicyclic) bond motifs is 1. The average Bonchev–Trinajstić information content (AvgIpc) is 2.68. The predicted molar refractivity (Wildman–Crippen MR) is 109 cm³/mol. The highest BCUT2D eigenvalue weighted by molar-refractivity contribution is 5.95. The lowest BCUT2D eigenvalue weighted by molar-refractivity contribution is 0.0706. The molecule has 2 N–H and O–H groups in total. The normalized spacial score (nSPS) is 10.8. The first kappa shape index (κ1) is 19.6. The molecule has 0 aliphatic carbocycles. The molecule has 0 aliphatic rings. The number of ether oxygens (including phenoxy) is 1. The van der Waals surface area contributed by atoms with Crippen LogP contribution in [0.4, 0.5) is 0 Å². The summed E-state index contributed by atoms with van der Waals surface area (Å²) in [5, 5.41) is 10.2. The third-order valence-corrected chi connectivity index (χ3v) is 4.60. The van der Waals surface area contributed by atoms with Crippen LogP contribution in [0.3, 0.4) is 0 Å². The van der Waals surface area contributed by atoms with E-state index < -0.39 is 0 Å². The lowest BCUT2D eigenvalue weighted by atomic mass is 10.1. The Morgan fingerprint density at radius 2 is 1.96 bits per heavy atom. The van der Waals surface area contributed by atoms with Crippen molar-refractivity contribution in [1.82, 2.24) is 9.88 Å². The fraction of sp³-hybridized carbons (Fsp3) is 0.273. The Balaban J connectivity index is 1.95. The van der Waals surface area contributed by atoms with E-state index >= 15 is 0 Å². The second-order valence-corrected chi connectivity index (χ2v) is 6.57. The third-order valence-electron chi connectivity index (χ3n) is 4.60. The standard InChI is InChI=1S/C22H24N2O4/c1-3-28-18-8-9-20-16(13-18)12-17(21(26)23-20)14-24(10-11-25)22(27)19-7-5-4-6-15(19)2/h4-9,12-13,25H,3,10-11,14H2,1-2H3,(H,23,26). The first-order valence-corrected chi connectivity index (χ1v) is 9.28. The van der Waals surface area contributed by atoms with Crippen molar-refractivity contribution in [3.05, 3.63) is 75.6 Å². The van der Waals surface area contributed by atoms with Crippen molar-refractivity contribution < 1.29 is 14.6 Å². The van der Waals surface area contributed by atoms with Gasteiger partial charge >= 0.3 is 0 Å². The van der Waals surface area contributed by atoms with Crippen LogP contribution in [-0.2, 0) is 6.54 Å². The van der Waals surface area contributed by atoms with Crippen LogP contribution >= 0.6 is 0 Å². The maximum absolute atomic E-state index is 13.0. The fourth-order valence-electron chi connectivity index (χ4n) is 3.17. The number of aromatic amines is 1. The molecule has 1 amide bonds. The van der Waals surface area contributed by atoms with Crippen LogP contribution in [0.25, 0.3) is 10.9 Å². The molecule has 146 valence electrons. The third kappa shape index (κ3) is 4.23. The summed E-state index contributed by atoms with van der Waals surface area (Å²) in [6.45, 7) is 4.39. The van der Waals surface area contributed by atoms with Crippen molar-refractivity contribution in [3.63, 3.8) is 0 Å². The van der Waals surface area contributed by atoms with Gasteiger partial charge in [0, 0.05) is 28.6 Å². The van der Waals surface area contributed by atoms with E-state index in [-0.39, 0.29) is 31.2 Å². The number of carbonyl (C=O) groups is 1. The number of aliphatic hydroxyl groups is 1. The fourth-order valence-corrected chi connectivity index (χ4v) is 3.17. The second-order valence-electron chi connectivity index (χ2n) is 6.57. The molecule has 3 rings (SSSR count). The Morgan fingerprint density at radius 1 is 1.18 bits per heavy atom. The number of hydrogen-bond donors (Lipinski definition) is 2. The van der Waals surface area contributed by atoms with Crippen molar-refractivity contribution in [2.75, 3.05) is 19.8 Å². The predicted octanol–water partition coefficient (Wildman–Crippen LogP) is 2.87. The molecule has 0 radical (unpaired) electrons. The van der Waals surface area contributed by atoms with Crippen LogP contribution < -0.4 is 10.3 Å². The number of rotatable bonds is 7. The first-order valence-electron chi connectivity index (χ1n) is 9.28. The molecule has 0 saturated heterocycles. The quantitative estimate of drug-likeness (QED) is 0.660. The number of H-pyrrole nitrogens is 1. The molecular formula is C22H24N2O4. The van der Waals surface area contributed by atoms with Gasteiger partial charge in [-0.2, -0.15) is 0 Å². The Kier molecular flexibility index (Phi) is 6.11. The molecule has 28 heavy (non-hydrogen) atoms. The monoisotopic (exact) mass is 380 g/mol. The van der Waals surface area contributed by atoms with Crippen molar-refractivity contribution in [1.29, 1.82) is 0 Å². The number of carbonyl (C=O) groups excluding carboxylic acids is 1. The van der Waals surface area contributed by atoms with Crippen LogP contribution in [0.5, 0.6) is 5.75 Å². The summed E-state index contributed by atoms with van der Waals surface area (Å²) in [4.78, 5) is 29.8. The van der Waals surface area contributed by atoms with Crippen molar-refractivity contribution in [3.8, 4) is 5.75 Å². The number of nitrogens with zero attached hydrogens (tertiary/aromatic N) is 1. The zero-order valence-corrected chi connectivity index (χ0v) is 16.1. The van der Waals surface area contributed by atoms with Gasteiger partial charge in [0.15, 0.2) is 0 Å². The van der Waals surface area contributed by atoms with E-state index in [1.54, 1.807) is 30.3 Å². The lowest BCUT2D eigenvalue weighted by Gasteiger charge is -2.22. The molecular weight excluding hydrogens is 356 g/mol. The van der Waals surface area contributed by atoms with Crippen LogP contribution in [0, 0.1) is 6.92 Å². The average molecular weight is 380 g/mol. The van der Waals surface area contributed by atoms with Gasteiger partial charge in [0.05, 0.1) is 19.8 Å². The van der Waals surface area contributed by atoms with Gasteiger partial charge in [-0.1, -0.05) is 18.2 Å². The maximum atomic E-state index is 13.0. The smallest absolute Gasteiger partial charge is 0.254 e. The molecule has 6 heteroatoms. The van der Waals surface area contributed by atoms with Crippen molar-refractivity contribution in [2.45, 2.75) is 20.4 Å². The molecule has 0 saturated carbocycles. The SMILES string of the molecule is CCOc1ccc2[nH]c(=O)c(CN(CCO)C(=O)c3ccccc3C)cc2c1. The number of aryl methyl sites for hydroxylation is 1. The molecule has 1 aromatic heterocycles. The van der Waals surface area contributed by atoms with Gasteiger partial charge in [-0.15, -0.1) is 0 Å². The highest BCUT2D eigenvalue weighted by Gasteiger charge is 2.19. The summed E-state index contributed by atoms with van der Waals surface area (Å²) >= 11 is 0. The summed E-state index contributed by atoms with van der Waals surface area (Å²) in [5.41, 5.74) is 2.32. The highest BCUT2D eigenvalue weighted by atomic mass is 16.5. The van der Waals surface area contributed by atoms with Gasteiger partial charge in [-0.25, -0.2) is 0 Å². The van der Waals surface area contributed by atoms with Crippen LogP contribution in [0.1, 0.15) is 28.4 Å². The zero-order valence-electron chi connectivity index (χ0n) is 16.1. The molecule has 0 fully saturated rings. The number of pyridine rings is 1. The summed E-state index contributed by atoms with van der Waals surface area (Å²) in [6.07, 6.45) is 0. The molecule has 2 aromatic carbocycles. The van der Waals surface area contributed by atoms with Gasteiger partial charge in [0.2, 0.25) is 0 Å². The van der Waals surface area contributed by atoms with E-state index in [4.69, 9.17) is 4.74 Å². The minimum absolute atomic E-state index is 0.109. The minimum atomic E-state index is -0.253. The Morgan fingerprint density at radius 3 is 2.68 bits per heavy atom. The van der Waals surface area contributed by atoms with E-state index in [9.17, 15) is 14.7 Å². The van der Waals surface area contributed by atoms with Gasteiger partial charge in [0.25, 0.3) is 11.5 Å². The number of amides is 1. The Labute approximate surface area is 163 Å². The molecule has 0 spiro atoms. The summed E-state index contributed by atoms with van der Waals surface area (Å²) in [6, 6.07) is 14.5. The molecule has 0 bridgehead atoms. The van der Waals surface area contributed by atoms with Gasteiger partial charge < -0.3 is 19.7 Å². The Hall–Kier alpha value is -3.12. The first-order chi connectivity index (χ1) is 13.5. The van der Waals surface area contributed by atoms with Gasteiger partial charge in [0.1, 0.15) is 5.75 Å². The van der Waals surface area contributed by atoms with E-state index in [1.807, 2.05) is 32.0 Å². The zero-order chi connectivity index (χ0) is 20.1. The minimum Gasteiger partial charge on any atom is -0.494 e. The molecule has 0 aliphatic heterocycles. The second kappa shape index (κ2) is 8.71. The maximum Gasteiger partial charge on any atom is 0.254 e. The number of aromatic nitrogens is 1. The topological polar surface area (TPSA) is 82.6 Å². The highest BCUT2D eigenvalue weighted by Crippen LogP contribution is 2.20. The van der Waals surface area contributed by atoms with Crippen molar-refractivity contribution >= 4 is 16.8 Å². The molecule has 0 unspecified atom stereocenters. The summed E-state index contributed by atoms with van der Waals surface area (Å²) < 4.78 is 5.52. The summed E-state index contributed by atoms with van der Waals surface area (Å²) in [5.74, 6) is 0.505. The molecule has 0 atom stereocenters. The van der Waals surface area contributed by atoms with Crippen LogP contribution in [0.2, 0.25) is 0 Å². The number of benzene rings is 2. The van der Waals surface area contributed by atoms with E-state index in [1.165, 1.54) is 4.90 Å². The Bertz CT molecular complexity index is 1040. The lowest BCUT2D eigenvalue weighted by Crippen LogP contribution is -2.35. The van der Waals surface area contributed by atoms with Crippen LogP contribution in [0.15, 0.2) is 53.3 Å². The molecule has 3 aromatic rings. The largest absolute Gasteiger partial charge is 0.494 e. The molecule has 1 heterocycles. The number of aliphatic hydroxyl groups excluding tert-OH is 1. The van der Waals surface area contributed by atoms with E-state index in [2.05, 4.69) is 4.98 Å². The van der Waals surface area contributed by atoms with Crippen molar-refractivity contribution in [2.24, 2.45) is 0 Å². The number of hydrogen-bond acceptors (Lipinski definition) is 4. The van der Waals surface area contributed by atoms with Gasteiger partial charge in [-0.3, -0.25) is 9.59 Å². The van der Waals surface area contributed by atoms with Gasteiger partial charge in [-0.05, 0) is 49.7 Å². The number of nitrogens with one attached hydrogen (secondary N) is 1. The van der Waals surface area contributed by atoms with E-state index in [0.29, 0.717) is 23.3 Å². The van der Waals surface area contributed by atoms with Crippen LogP contribution in [-0.4, -0.2) is 40.7 Å². The molecule has 6 nitrogen and oxygen atoms in total. The van der Waals surface area contributed by atoms with E-state index in [0.717, 1.165) is 16.7 Å².